The maximum Gasteiger partial charge on any atom is 0.322 e. The molecule has 11 heteroatoms. The number of carbonyl (C=O) groups is 4. The normalized spacial score (nSPS) is 14.1. The van der Waals surface area contributed by atoms with E-state index in [1.807, 2.05) is 13.8 Å². The molecule has 0 aliphatic rings. The van der Waals surface area contributed by atoms with Gasteiger partial charge in [-0.1, -0.05) is 13.8 Å². The summed E-state index contributed by atoms with van der Waals surface area (Å²) in [6, 6.07) is -3.08. The van der Waals surface area contributed by atoms with Crippen LogP contribution in [0, 0.1) is 5.92 Å². The third-order valence-electron chi connectivity index (χ3n) is 3.87. The van der Waals surface area contributed by atoms with Crippen molar-refractivity contribution in [3.63, 3.8) is 0 Å². The van der Waals surface area contributed by atoms with Gasteiger partial charge in [0.15, 0.2) is 0 Å². The molecule has 0 aliphatic heterocycles. The second kappa shape index (κ2) is 13.9. The summed E-state index contributed by atoms with van der Waals surface area (Å²) < 4.78 is 0. The molecule has 11 nitrogen and oxygen atoms in total. The predicted molar refractivity (Wildman–Crippen MR) is 102 cm³/mol. The van der Waals surface area contributed by atoms with Crippen LogP contribution in [0.25, 0.3) is 0 Å². The zero-order valence-corrected chi connectivity index (χ0v) is 16.4. The number of aliphatic hydroxyl groups is 1. The second-order valence-corrected chi connectivity index (χ2v) is 6.94. The molecule has 0 saturated heterocycles. The minimum absolute atomic E-state index is 0.0536. The van der Waals surface area contributed by atoms with Crippen molar-refractivity contribution in [2.75, 3.05) is 19.7 Å². The Morgan fingerprint density at radius 3 is 2.07 bits per heavy atom. The molecule has 0 heterocycles. The fourth-order valence-corrected chi connectivity index (χ4v) is 2.38. The minimum Gasteiger partial charge on any atom is -0.480 e. The van der Waals surface area contributed by atoms with Crippen LogP contribution >= 0.6 is 0 Å². The van der Waals surface area contributed by atoms with E-state index in [4.69, 9.17) is 21.7 Å². The first kappa shape index (κ1) is 25.8. The molecular weight excluding hydrogens is 370 g/mol. The number of carboxylic acids is 1. The minimum atomic E-state index is -1.21. The van der Waals surface area contributed by atoms with Crippen LogP contribution in [0.4, 0.5) is 0 Å². The number of hydrogen-bond donors (Lipinski definition) is 7. The van der Waals surface area contributed by atoms with E-state index >= 15 is 0 Å². The van der Waals surface area contributed by atoms with Crippen molar-refractivity contribution in [3.05, 3.63) is 0 Å². The molecule has 0 aliphatic carbocycles. The highest BCUT2D eigenvalue weighted by molar-refractivity contribution is 5.93. The number of carboxylic acid groups (broad SMARTS) is 1. The van der Waals surface area contributed by atoms with E-state index in [-0.39, 0.29) is 12.3 Å². The summed E-state index contributed by atoms with van der Waals surface area (Å²) in [7, 11) is 0. The van der Waals surface area contributed by atoms with Gasteiger partial charge in [-0.15, -0.1) is 0 Å². The number of aliphatic carboxylic acids is 1. The number of nitrogens with one attached hydrogen (secondary N) is 3. The summed E-state index contributed by atoms with van der Waals surface area (Å²) in [4.78, 5) is 47.5. The first-order chi connectivity index (χ1) is 13.1. The van der Waals surface area contributed by atoms with E-state index in [0.29, 0.717) is 25.8 Å². The lowest BCUT2D eigenvalue weighted by atomic mass is 10.0. The van der Waals surface area contributed by atoms with Crippen LogP contribution in [0.3, 0.4) is 0 Å². The predicted octanol–water partition coefficient (Wildman–Crippen LogP) is -2.35. The largest absolute Gasteiger partial charge is 0.480 e. The van der Waals surface area contributed by atoms with E-state index in [1.165, 1.54) is 0 Å². The number of hydrogen-bond acceptors (Lipinski definition) is 7. The van der Waals surface area contributed by atoms with Gasteiger partial charge in [0.05, 0.1) is 6.61 Å². The Morgan fingerprint density at radius 2 is 1.57 bits per heavy atom. The molecule has 3 amide bonds. The van der Waals surface area contributed by atoms with Gasteiger partial charge in [-0.2, -0.15) is 0 Å². The first-order valence-electron chi connectivity index (χ1n) is 9.29. The van der Waals surface area contributed by atoms with Crippen LogP contribution in [-0.2, 0) is 19.2 Å². The van der Waals surface area contributed by atoms with Crippen LogP contribution in [0.5, 0.6) is 0 Å². The maximum atomic E-state index is 12.7. The van der Waals surface area contributed by atoms with Gasteiger partial charge in [-0.3, -0.25) is 19.2 Å². The summed E-state index contributed by atoms with van der Waals surface area (Å²) in [5, 5.41) is 25.0. The number of amides is 3. The molecule has 0 aromatic heterocycles. The van der Waals surface area contributed by atoms with Crippen molar-refractivity contribution in [1.29, 1.82) is 0 Å². The standard InChI is InChI=1S/C17H33N5O6/c1-10(2)7-13(22-15(26)11(19)9-23)17(28)21-12(5-3-4-6-18)16(27)20-8-14(24)25/h10-13,23H,3-9,18-19H2,1-2H3,(H,20,27)(H,21,28)(H,22,26)(H,24,25). The lowest BCUT2D eigenvalue weighted by Gasteiger charge is -2.25. The summed E-state index contributed by atoms with van der Waals surface area (Å²) >= 11 is 0. The molecule has 0 saturated carbocycles. The fourth-order valence-electron chi connectivity index (χ4n) is 2.38. The van der Waals surface area contributed by atoms with Crippen LogP contribution in [-0.4, -0.2) is 71.7 Å². The Balaban J connectivity index is 5.15. The Hall–Kier alpha value is -2.24. The van der Waals surface area contributed by atoms with Crippen LogP contribution in [0.2, 0.25) is 0 Å². The zero-order chi connectivity index (χ0) is 21.7. The van der Waals surface area contributed by atoms with Crippen molar-refractivity contribution < 1.29 is 29.4 Å². The van der Waals surface area contributed by atoms with E-state index in [0.717, 1.165) is 0 Å². The molecule has 0 aromatic rings. The number of nitrogens with two attached hydrogens (primary N) is 2. The van der Waals surface area contributed by atoms with E-state index in [9.17, 15) is 19.2 Å². The summed E-state index contributed by atoms with van der Waals surface area (Å²) in [6.07, 6.45) is 1.75. The summed E-state index contributed by atoms with van der Waals surface area (Å²) in [5.41, 5.74) is 10.9. The van der Waals surface area contributed by atoms with E-state index < -0.39 is 55.0 Å². The molecule has 0 fully saturated rings. The Labute approximate surface area is 164 Å². The summed E-state index contributed by atoms with van der Waals surface area (Å²) in [5.74, 6) is -3.05. The first-order valence-corrected chi connectivity index (χ1v) is 9.29. The molecule has 28 heavy (non-hydrogen) atoms. The van der Waals surface area contributed by atoms with Gasteiger partial charge in [-0.05, 0) is 38.1 Å². The molecular formula is C17H33N5O6. The number of aliphatic hydroxyl groups excluding tert-OH is 1. The highest BCUT2D eigenvalue weighted by Gasteiger charge is 2.28. The molecule has 162 valence electrons. The van der Waals surface area contributed by atoms with Gasteiger partial charge < -0.3 is 37.6 Å². The quantitative estimate of drug-likeness (QED) is 0.156. The third kappa shape index (κ3) is 10.8. The molecule has 0 rings (SSSR count). The SMILES string of the molecule is CC(C)CC(NC(=O)C(N)CO)C(=O)NC(CCCCN)C(=O)NCC(=O)O. The maximum absolute atomic E-state index is 12.7. The Morgan fingerprint density at radius 1 is 0.964 bits per heavy atom. The van der Waals surface area contributed by atoms with Crippen LogP contribution in [0.15, 0.2) is 0 Å². The molecule has 0 bridgehead atoms. The van der Waals surface area contributed by atoms with Gasteiger partial charge in [0.25, 0.3) is 0 Å². The molecule has 0 aromatic carbocycles. The number of rotatable bonds is 14. The van der Waals surface area contributed by atoms with Crippen molar-refractivity contribution in [3.8, 4) is 0 Å². The monoisotopic (exact) mass is 403 g/mol. The second-order valence-electron chi connectivity index (χ2n) is 6.94. The van der Waals surface area contributed by atoms with E-state index in [2.05, 4.69) is 16.0 Å². The van der Waals surface area contributed by atoms with Gasteiger partial charge >= 0.3 is 5.97 Å². The van der Waals surface area contributed by atoms with Gasteiger partial charge in [-0.25, -0.2) is 0 Å². The van der Waals surface area contributed by atoms with Gasteiger partial charge in [0, 0.05) is 0 Å². The molecule has 0 radical (unpaired) electrons. The van der Waals surface area contributed by atoms with E-state index in [1.54, 1.807) is 0 Å². The highest BCUT2D eigenvalue weighted by Crippen LogP contribution is 2.07. The van der Waals surface area contributed by atoms with Gasteiger partial charge in [0.1, 0.15) is 24.7 Å². The van der Waals surface area contributed by atoms with Gasteiger partial charge in [0.2, 0.25) is 17.7 Å². The van der Waals surface area contributed by atoms with Crippen LogP contribution in [0.1, 0.15) is 39.5 Å². The molecule has 3 atom stereocenters. The topological polar surface area (TPSA) is 197 Å². The fraction of sp³-hybridized carbons (Fsp3) is 0.765. The van der Waals surface area contributed by atoms with Crippen molar-refractivity contribution in [1.82, 2.24) is 16.0 Å². The Bertz CT molecular complexity index is 528. The average molecular weight is 403 g/mol. The third-order valence-corrected chi connectivity index (χ3v) is 3.87. The molecule has 3 unspecified atom stereocenters. The average Bonchev–Trinajstić information content (AvgIpc) is 2.63. The van der Waals surface area contributed by atoms with Crippen molar-refractivity contribution >= 4 is 23.7 Å². The summed E-state index contributed by atoms with van der Waals surface area (Å²) in [6.45, 7) is 3.00. The highest BCUT2D eigenvalue weighted by atomic mass is 16.4. The Kier molecular flexibility index (Phi) is 12.7. The molecule has 9 N–H and O–H groups in total. The number of unbranched alkanes of at least 4 members (excludes halogenated alkanes) is 1. The zero-order valence-electron chi connectivity index (χ0n) is 16.4. The smallest absolute Gasteiger partial charge is 0.322 e. The van der Waals surface area contributed by atoms with Crippen molar-refractivity contribution in [2.24, 2.45) is 17.4 Å². The lowest BCUT2D eigenvalue weighted by molar-refractivity contribution is -0.138. The lowest BCUT2D eigenvalue weighted by Crippen LogP contribution is -2.56. The van der Waals surface area contributed by atoms with Crippen molar-refractivity contribution in [2.45, 2.75) is 57.7 Å². The van der Waals surface area contributed by atoms with Crippen LogP contribution < -0.4 is 27.4 Å². The number of carbonyl (C=O) groups excluding carboxylic acids is 3. The molecule has 0 spiro atoms.